The summed E-state index contributed by atoms with van der Waals surface area (Å²) in [4.78, 5) is 0. The highest BCUT2D eigenvalue weighted by Gasteiger charge is 2.28. The van der Waals surface area contributed by atoms with Crippen molar-refractivity contribution < 1.29 is 0 Å². The number of aromatic nitrogens is 4. The fraction of sp³-hybridized carbons (Fsp3) is 0.474. The van der Waals surface area contributed by atoms with Crippen molar-refractivity contribution in [1.82, 2.24) is 19.4 Å². The lowest BCUT2D eigenvalue weighted by atomic mass is 9.88. The van der Waals surface area contributed by atoms with Crippen LogP contribution in [0.1, 0.15) is 55.8 Å². The Balaban J connectivity index is 1.51. The van der Waals surface area contributed by atoms with Crippen molar-refractivity contribution in [2.75, 3.05) is 0 Å². The third kappa shape index (κ3) is 2.46. The van der Waals surface area contributed by atoms with Crippen LogP contribution in [-0.2, 0) is 13.0 Å². The van der Waals surface area contributed by atoms with E-state index in [1.54, 1.807) is 0 Å². The predicted octanol–water partition coefficient (Wildman–Crippen LogP) is 4.02. The monoisotopic (exact) mass is 308 g/mol. The van der Waals surface area contributed by atoms with Crippen molar-refractivity contribution >= 4 is 5.52 Å². The van der Waals surface area contributed by atoms with Gasteiger partial charge in [-0.05, 0) is 48.3 Å². The van der Waals surface area contributed by atoms with E-state index in [2.05, 4.69) is 54.0 Å². The van der Waals surface area contributed by atoms with Gasteiger partial charge in [0, 0.05) is 24.0 Å². The Bertz CT molecular complexity index is 827. The van der Waals surface area contributed by atoms with Gasteiger partial charge in [0.25, 0.3) is 0 Å². The third-order valence-corrected chi connectivity index (χ3v) is 5.19. The third-order valence-electron chi connectivity index (χ3n) is 5.19. The minimum absolute atomic E-state index is 0.520. The second-order valence-electron chi connectivity index (χ2n) is 7.22. The smallest absolute Gasteiger partial charge is 0.0696 e. The first-order valence-electron chi connectivity index (χ1n) is 8.60. The zero-order valence-electron chi connectivity index (χ0n) is 14.1. The molecule has 0 saturated heterocycles. The van der Waals surface area contributed by atoms with Crippen molar-refractivity contribution in [3.8, 4) is 0 Å². The maximum atomic E-state index is 4.59. The summed E-state index contributed by atoms with van der Waals surface area (Å²) in [6, 6.07) is 6.28. The molecule has 2 unspecified atom stereocenters. The van der Waals surface area contributed by atoms with Crippen LogP contribution < -0.4 is 0 Å². The largest absolute Gasteiger partial charge is 0.269 e. The normalized spacial score (nSPS) is 18.7. The van der Waals surface area contributed by atoms with Gasteiger partial charge in [-0.15, -0.1) is 0 Å². The zero-order chi connectivity index (χ0) is 16.0. The Morgan fingerprint density at radius 1 is 1.13 bits per heavy atom. The number of rotatable bonds is 4. The maximum absolute atomic E-state index is 4.59. The number of hydrogen-bond donors (Lipinski definition) is 0. The zero-order valence-corrected chi connectivity index (χ0v) is 14.1. The number of fused-ring (bicyclic) bond motifs is 2. The summed E-state index contributed by atoms with van der Waals surface area (Å²) >= 11 is 0. The van der Waals surface area contributed by atoms with Crippen LogP contribution in [0.25, 0.3) is 5.52 Å². The maximum Gasteiger partial charge on any atom is 0.0696 e. The Morgan fingerprint density at radius 3 is 2.78 bits per heavy atom. The molecule has 1 aliphatic heterocycles. The highest BCUT2D eigenvalue weighted by molar-refractivity contribution is 5.54. The summed E-state index contributed by atoms with van der Waals surface area (Å²) in [5, 5.41) is 9.07. The first-order chi connectivity index (χ1) is 11.1. The molecule has 23 heavy (non-hydrogen) atoms. The van der Waals surface area contributed by atoms with Crippen molar-refractivity contribution in [3.63, 3.8) is 0 Å². The molecule has 0 spiro atoms. The standard InChI is InChI=1S/C19H24N4/c1-13(2)16-10-21-23-12-15(9-19(16)23)8-14(3)17-11-20-22-7-5-4-6-18(17)22/h4-7,10-11,13-15H,8-9,12H2,1-3H3. The van der Waals surface area contributed by atoms with Crippen LogP contribution in [0.15, 0.2) is 36.8 Å². The summed E-state index contributed by atoms with van der Waals surface area (Å²) in [6.45, 7) is 7.90. The lowest BCUT2D eigenvalue weighted by Gasteiger charge is -2.15. The lowest BCUT2D eigenvalue weighted by molar-refractivity contribution is 0.425. The molecule has 0 radical (unpaired) electrons. The van der Waals surface area contributed by atoms with E-state index >= 15 is 0 Å². The Kier molecular flexibility index (Phi) is 3.47. The molecule has 4 heterocycles. The van der Waals surface area contributed by atoms with Crippen LogP contribution >= 0.6 is 0 Å². The molecular weight excluding hydrogens is 284 g/mol. The molecule has 3 aromatic heterocycles. The summed E-state index contributed by atoms with van der Waals surface area (Å²) in [5.74, 6) is 1.77. The second kappa shape index (κ2) is 5.52. The first-order valence-corrected chi connectivity index (χ1v) is 8.60. The average molecular weight is 308 g/mol. The highest BCUT2D eigenvalue weighted by atomic mass is 15.3. The van der Waals surface area contributed by atoms with Crippen LogP contribution in [0.3, 0.4) is 0 Å². The fourth-order valence-electron chi connectivity index (χ4n) is 3.99. The first kappa shape index (κ1) is 14.5. The molecule has 4 rings (SSSR count). The lowest BCUT2D eigenvalue weighted by Crippen LogP contribution is -2.08. The molecule has 3 aromatic rings. The number of hydrogen-bond acceptors (Lipinski definition) is 2. The van der Waals surface area contributed by atoms with E-state index in [1.807, 2.05) is 23.0 Å². The molecule has 1 aliphatic rings. The van der Waals surface area contributed by atoms with Gasteiger partial charge < -0.3 is 0 Å². The molecule has 0 aliphatic carbocycles. The van der Waals surface area contributed by atoms with Crippen LogP contribution in [0.5, 0.6) is 0 Å². The van der Waals surface area contributed by atoms with E-state index < -0.39 is 0 Å². The molecule has 0 aromatic carbocycles. The van der Waals surface area contributed by atoms with E-state index in [4.69, 9.17) is 0 Å². The van der Waals surface area contributed by atoms with Gasteiger partial charge in [-0.2, -0.15) is 10.2 Å². The van der Waals surface area contributed by atoms with Crippen LogP contribution in [0, 0.1) is 5.92 Å². The van der Waals surface area contributed by atoms with Gasteiger partial charge in [-0.1, -0.05) is 26.8 Å². The summed E-state index contributed by atoms with van der Waals surface area (Å²) in [7, 11) is 0. The summed E-state index contributed by atoms with van der Waals surface area (Å²) < 4.78 is 4.20. The molecule has 0 amide bonds. The predicted molar refractivity (Wildman–Crippen MR) is 91.7 cm³/mol. The summed E-state index contributed by atoms with van der Waals surface area (Å²) in [6.07, 6.45) is 8.47. The molecule has 0 fully saturated rings. The molecule has 2 atom stereocenters. The minimum atomic E-state index is 0.520. The molecule has 0 bridgehead atoms. The van der Waals surface area contributed by atoms with Gasteiger partial charge in [-0.3, -0.25) is 4.68 Å². The second-order valence-corrected chi connectivity index (χ2v) is 7.22. The van der Waals surface area contributed by atoms with Gasteiger partial charge in [0.2, 0.25) is 0 Å². The van der Waals surface area contributed by atoms with Crippen LogP contribution in [0.2, 0.25) is 0 Å². The van der Waals surface area contributed by atoms with E-state index in [9.17, 15) is 0 Å². The highest BCUT2D eigenvalue weighted by Crippen LogP contribution is 2.34. The molecule has 0 saturated carbocycles. The Hall–Kier alpha value is -2.10. The van der Waals surface area contributed by atoms with Crippen molar-refractivity contribution in [1.29, 1.82) is 0 Å². The fourth-order valence-corrected chi connectivity index (χ4v) is 3.99. The van der Waals surface area contributed by atoms with E-state index in [-0.39, 0.29) is 0 Å². The van der Waals surface area contributed by atoms with E-state index in [1.165, 1.54) is 28.8 Å². The summed E-state index contributed by atoms with van der Waals surface area (Å²) in [5.41, 5.74) is 5.48. The SMILES string of the molecule is CC(C)c1cnn2c1CC(CC(C)c1cnn3ccccc13)C2. The molecular formula is C19H24N4. The van der Waals surface area contributed by atoms with Gasteiger partial charge in [0.15, 0.2) is 0 Å². The quantitative estimate of drug-likeness (QED) is 0.729. The van der Waals surface area contributed by atoms with Crippen LogP contribution in [-0.4, -0.2) is 19.4 Å². The molecule has 4 heteroatoms. The Morgan fingerprint density at radius 2 is 1.96 bits per heavy atom. The van der Waals surface area contributed by atoms with Crippen molar-refractivity contribution in [2.24, 2.45) is 5.92 Å². The number of pyridine rings is 1. The van der Waals surface area contributed by atoms with E-state index in [0.717, 1.165) is 13.0 Å². The van der Waals surface area contributed by atoms with Gasteiger partial charge in [0.05, 0.1) is 17.9 Å². The minimum Gasteiger partial charge on any atom is -0.269 e. The molecule has 0 N–H and O–H groups in total. The number of nitrogens with zero attached hydrogens (tertiary/aromatic N) is 4. The topological polar surface area (TPSA) is 35.1 Å². The average Bonchev–Trinajstić information content (AvgIpc) is 3.19. The molecule has 120 valence electrons. The van der Waals surface area contributed by atoms with Crippen molar-refractivity contribution in [3.05, 3.63) is 53.6 Å². The van der Waals surface area contributed by atoms with Gasteiger partial charge in [0.1, 0.15) is 0 Å². The van der Waals surface area contributed by atoms with Crippen LogP contribution in [0.4, 0.5) is 0 Å². The molecule has 4 nitrogen and oxygen atoms in total. The Labute approximate surface area is 137 Å². The van der Waals surface area contributed by atoms with Gasteiger partial charge >= 0.3 is 0 Å². The van der Waals surface area contributed by atoms with Crippen molar-refractivity contribution in [2.45, 2.75) is 52.0 Å². The van der Waals surface area contributed by atoms with E-state index in [0.29, 0.717) is 17.8 Å². The van der Waals surface area contributed by atoms with Gasteiger partial charge in [-0.25, -0.2) is 4.52 Å².